The van der Waals surface area contributed by atoms with Gasteiger partial charge in [0.25, 0.3) is 0 Å². The summed E-state index contributed by atoms with van der Waals surface area (Å²) in [5, 5.41) is 12.1. The first-order valence-electron chi connectivity index (χ1n) is 7.67. The van der Waals surface area contributed by atoms with Crippen LogP contribution in [-0.2, 0) is 9.59 Å². The van der Waals surface area contributed by atoms with Crippen molar-refractivity contribution in [2.24, 2.45) is 11.8 Å². The van der Waals surface area contributed by atoms with Gasteiger partial charge in [0.2, 0.25) is 5.91 Å². The van der Waals surface area contributed by atoms with E-state index in [1.165, 1.54) is 5.56 Å². The largest absolute Gasteiger partial charge is 0.480 e. The van der Waals surface area contributed by atoms with Gasteiger partial charge in [-0.3, -0.25) is 4.79 Å². The van der Waals surface area contributed by atoms with Crippen LogP contribution in [0.1, 0.15) is 39.0 Å². The number of rotatable bonds is 9. The highest BCUT2D eigenvalue weighted by atomic mass is 32.2. The van der Waals surface area contributed by atoms with Gasteiger partial charge in [0.05, 0.1) is 0 Å². The number of carbonyl (C=O) groups excluding carboxylic acids is 1. The van der Waals surface area contributed by atoms with E-state index in [9.17, 15) is 14.7 Å². The van der Waals surface area contributed by atoms with Gasteiger partial charge in [-0.2, -0.15) is 24.4 Å². The van der Waals surface area contributed by atoms with Gasteiger partial charge in [-0.15, -0.1) is 0 Å². The highest BCUT2D eigenvalue weighted by molar-refractivity contribution is 7.99. The second-order valence-corrected chi connectivity index (χ2v) is 7.43. The van der Waals surface area contributed by atoms with Crippen molar-refractivity contribution in [1.82, 2.24) is 5.32 Å². The highest BCUT2D eigenvalue weighted by Gasteiger charge is 2.25. The summed E-state index contributed by atoms with van der Waals surface area (Å²) in [6, 6.07) is 9.14. The number of thiol groups is 1. The van der Waals surface area contributed by atoms with Crippen LogP contribution in [0.5, 0.6) is 0 Å². The first-order valence-corrected chi connectivity index (χ1v) is 9.35. The summed E-state index contributed by atoms with van der Waals surface area (Å²) in [6.07, 6.45) is 0. The van der Waals surface area contributed by atoms with E-state index in [4.69, 9.17) is 0 Å². The van der Waals surface area contributed by atoms with E-state index in [1.54, 1.807) is 18.7 Å². The van der Waals surface area contributed by atoms with Crippen LogP contribution in [0.4, 0.5) is 0 Å². The number of aliphatic carboxylic acids is 1. The van der Waals surface area contributed by atoms with E-state index in [0.29, 0.717) is 17.4 Å². The maximum atomic E-state index is 11.9. The molecule has 1 aromatic rings. The summed E-state index contributed by atoms with van der Waals surface area (Å²) >= 11 is 5.64. The van der Waals surface area contributed by atoms with Gasteiger partial charge in [0, 0.05) is 22.7 Å². The molecule has 3 atom stereocenters. The van der Waals surface area contributed by atoms with Crippen molar-refractivity contribution in [3.05, 3.63) is 35.9 Å². The topological polar surface area (TPSA) is 66.4 Å². The molecule has 1 aromatic carbocycles. The molecule has 0 saturated heterocycles. The number of nitrogens with one attached hydrogen (secondary N) is 1. The number of carbonyl (C=O) groups is 2. The first kappa shape index (κ1) is 22.9. The Morgan fingerprint density at radius 1 is 1.21 bits per heavy atom. The lowest BCUT2D eigenvalue weighted by Gasteiger charge is -2.23. The van der Waals surface area contributed by atoms with Crippen LogP contribution in [0.3, 0.4) is 0 Å². The van der Waals surface area contributed by atoms with Gasteiger partial charge in [0.15, 0.2) is 0 Å². The molecule has 0 radical (unpaired) electrons. The zero-order valence-corrected chi connectivity index (χ0v) is 15.4. The predicted octanol–water partition coefficient (Wildman–Crippen LogP) is 3.89. The minimum absolute atomic E-state index is 0. The molecular weight excluding hydrogens is 342 g/mol. The molecule has 0 aliphatic heterocycles. The fraction of sp³-hybridized carbons (Fsp3) is 0.556. The molecule has 1 unspecified atom stereocenters. The van der Waals surface area contributed by atoms with Crippen LogP contribution in [-0.4, -0.2) is 34.5 Å². The van der Waals surface area contributed by atoms with Crippen molar-refractivity contribution in [3.63, 3.8) is 0 Å². The van der Waals surface area contributed by atoms with E-state index in [0.717, 1.165) is 0 Å². The number of benzene rings is 1. The molecule has 2 N–H and O–H groups in total. The average Bonchev–Trinajstić information content (AvgIpc) is 2.53. The van der Waals surface area contributed by atoms with E-state index >= 15 is 0 Å². The Hall–Kier alpha value is -1.14. The van der Waals surface area contributed by atoms with Gasteiger partial charge in [-0.25, -0.2) is 4.79 Å². The number of hydrogen-bond acceptors (Lipinski definition) is 4. The fourth-order valence-corrected chi connectivity index (χ4v) is 3.61. The van der Waals surface area contributed by atoms with Crippen molar-refractivity contribution in [2.45, 2.75) is 39.5 Å². The summed E-state index contributed by atoms with van der Waals surface area (Å²) in [5.41, 5.74) is 1.17. The van der Waals surface area contributed by atoms with Crippen molar-refractivity contribution in [1.29, 1.82) is 0 Å². The molecule has 0 fully saturated rings. The molecule has 24 heavy (non-hydrogen) atoms. The van der Waals surface area contributed by atoms with Gasteiger partial charge in [0.1, 0.15) is 6.04 Å². The monoisotopic (exact) mass is 371 g/mol. The SMILES string of the molecule is C.CC(C)C(SC[C@H](NC(=O)[C@H](C)CS)C(=O)O)c1ccccc1. The molecule has 6 heteroatoms. The Balaban J connectivity index is 0.00000529. The van der Waals surface area contributed by atoms with Gasteiger partial charge in [-0.1, -0.05) is 58.5 Å². The third kappa shape index (κ3) is 7.18. The maximum absolute atomic E-state index is 11.9. The van der Waals surface area contributed by atoms with E-state index in [-0.39, 0.29) is 24.5 Å². The molecule has 136 valence electrons. The molecule has 0 saturated carbocycles. The molecule has 1 amide bonds. The minimum Gasteiger partial charge on any atom is -0.480 e. The summed E-state index contributed by atoms with van der Waals surface area (Å²) in [7, 11) is 0. The second kappa shape index (κ2) is 11.4. The molecule has 0 heterocycles. The maximum Gasteiger partial charge on any atom is 0.327 e. The highest BCUT2D eigenvalue weighted by Crippen LogP contribution is 2.35. The molecular formula is C18H29NO3S2. The van der Waals surface area contributed by atoms with Crippen LogP contribution in [0.25, 0.3) is 0 Å². The summed E-state index contributed by atoms with van der Waals surface area (Å²) in [5.74, 6) is -0.493. The van der Waals surface area contributed by atoms with E-state index < -0.39 is 12.0 Å². The number of amides is 1. The molecule has 0 aliphatic carbocycles. The molecule has 4 nitrogen and oxygen atoms in total. The zero-order valence-electron chi connectivity index (χ0n) is 13.7. The summed E-state index contributed by atoms with van der Waals surface area (Å²) in [4.78, 5) is 23.3. The first-order chi connectivity index (χ1) is 10.9. The molecule has 0 spiro atoms. The van der Waals surface area contributed by atoms with Crippen LogP contribution in [0, 0.1) is 11.8 Å². The standard InChI is InChI=1S/C17H25NO3S2.CH4/c1-11(2)15(13-7-5-4-6-8-13)23-10-14(17(20)21)18-16(19)12(3)9-22;/h4-8,11-12,14-15,22H,9-10H2,1-3H3,(H,18,19)(H,20,21);1H4/t12-,14+,15?;/m1./s1. The zero-order chi connectivity index (χ0) is 17.4. The minimum atomic E-state index is -1.01. The third-order valence-electron chi connectivity index (χ3n) is 3.51. The van der Waals surface area contributed by atoms with E-state index in [2.05, 4.69) is 43.9 Å². The Morgan fingerprint density at radius 2 is 1.79 bits per heavy atom. The normalized spacial score (nSPS) is 14.4. The molecule has 0 bridgehead atoms. The summed E-state index contributed by atoms with van der Waals surface area (Å²) in [6.45, 7) is 5.96. The third-order valence-corrected chi connectivity index (χ3v) is 5.76. The van der Waals surface area contributed by atoms with E-state index in [1.807, 2.05) is 18.2 Å². The number of carboxylic acids is 1. The Morgan fingerprint density at radius 3 is 2.25 bits per heavy atom. The van der Waals surface area contributed by atoms with Crippen LogP contribution in [0.2, 0.25) is 0 Å². The fourth-order valence-electron chi connectivity index (χ4n) is 2.09. The quantitative estimate of drug-likeness (QED) is 0.576. The molecule has 1 rings (SSSR count). The van der Waals surface area contributed by atoms with Crippen molar-refractivity contribution in [3.8, 4) is 0 Å². The Labute approximate surface area is 155 Å². The summed E-state index contributed by atoms with van der Waals surface area (Å²) < 4.78 is 0. The Bertz CT molecular complexity index is 508. The number of hydrogen-bond donors (Lipinski definition) is 3. The second-order valence-electron chi connectivity index (χ2n) is 5.89. The smallest absolute Gasteiger partial charge is 0.327 e. The van der Waals surface area contributed by atoms with Crippen LogP contribution < -0.4 is 5.32 Å². The van der Waals surface area contributed by atoms with Crippen LogP contribution in [0.15, 0.2) is 30.3 Å². The van der Waals surface area contributed by atoms with Gasteiger partial charge >= 0.3 is 5.97 Å². The van der Waals surface area contributed by atoms with Gasteiger partial charge in [-0.05, 0) is 11.5 Å². The molecule has 0 aliphatic rings. The van der Waals surface area contributed by atoms with Crippen molar-refractivity contribution < 1.29 is 14.7 Å². The van der Waals surface area contributed by atoms with Crippen molar-refractivity contribution in [2.75, 3.05) is 11.5 Å². The number of thioether (sulfide) groups is 1. The predicted molar refractivity (Wildman–Crippen MR) is 106 cm³/mol. The average molecular weight is 372 g/mol. The van der Waals surface area contributed by atoms with Crippen molar-refractivity contribution >= 4 is 36.3 Å². The Kier molecular flexibility index (Phi) is 10.9. The molecule has 0 aromatic heterocycles. The lowest BCUT2D eigenvalue weighted by Crippen LogP contribution is -2.45. The van der Waals surface area contributed by atoms with Gasteiger partial charge < -0.3 is 10.4 Å². The van der Waals surface area contributed by atoms with Crippen LogP contribution >= 0.6 is 24.4 Å². The number of carboxylic acid groups (broad SMARTS) is 1. The lowest BCUT2D eigenvalue weighted by molar-refractivity contribution is -0.141. The lowest BCUT2D eigenvalue weighted by atomic mass is 10.0.